The van der Waals surface area contributed by atoms with Crippen molar-refractivity contribution < 1.29 is 19.4 Å². The highest BCUT2D eigenvalue weighted by atomic mass is 35.5. The summed E-state index contributed by atoms with van der Waals surface area (Å²) >= 11 is 0. The van der Waals surface area contributed by atoms with Gasteiger partial charge in [0, 0.05) is 13.1 Å². The molecule has 0 saturated carbocycles. The van der Waals surface area contributed by atoms with Crippen molar-refractivity contribution in [1.82, 2.24) is 14.7 Å². The Morgan fingerprint density at radius 1 is 1.30 bits per heavy atom. The van der Waals surface area contributed by atoms with Crippen LogP contribution in [0.5, 0.6) is 5.75 Å². The highest BCUT2D eigenvalue weighted by Gasteiger charge is 2.33. The number of hydrogen-bond acceptors (Lipinski definition) is 4. The van der Waals surface area contributed by atoms with Crippen LogP contribution in [0.25, 0.3) is 5.69 Å². The summed E-state index contributed by atoms with van der Waals surface area (Å²) in [6.07, 6.45) is 2.17. The van der Waals surface area contributed by atoms with Gasteiger partial charge in [0.2, 0.25) is 0 Å². The Bertz CT molecular complexity index is 792. The lowest BCUT2D eigenvalue weighted by atomic mass is 10.1. The lowest BCUT2D eigenvalue weighted by Crippen LogP contribution is -2.30. The Kier molecular flexibility index (Phi) is 6.85. The number of amides is 1. The number of likely N-dealkylation sites (tertiary alicyclic amines) is 1. The maximum atomic E-state index is 12.9. The van der Waals surface area contributed by atoms with Crippen LogP contribution in [0.2, 0.25) is 0 Å². The zero-order chi connectivity index (χ0) is 18.7. The molecular weight excluding hydrogens is 370 g/mol. The number of aliphatic carboxylic acids is 1. The van der Waals surface area contributed by atoms with E-state index in [2.05, 4.69) is 5.10 Å². The van der Waals surface area contributed by atoms with Crippen LogP contribution in [0.4, 0.5) is 0 Å². The van der Waals surface area contributed by atoms with Gasteiger partial charge in [0.05, 0.1) is 24.4 Å². The molecule has 1 aliphatic rings. The Morgan fingerprint density at radius 2 is 2.00 bits per heavy atom. The number of nitrogens with zero attached hydrogens (tertiary/aromatic N) is 3. The summed E-state index contributed by atoms with van der Waals surface area (Å²) in [5, 5.41) is 13.6. The molecule has 2 heterocycles. The van der Waals surface area contributed by atoms with E-state index in [4.69, 9.17) is 9.84 Å². The van der Waals surface area contributed by atoms with E-state index < -0.39 is 11.9 Å². The monoisotopic (exact) mass is 393 g/mol. The van der Waals surface area contributed by atoms with E-state index in [0.717, 1.165) is 5.69 Å². The van der Waals surface area contributed by atoms with E-state index in [1.54, 1.807) is 15.8 Å². The van der Waals surface area contributed by atoms with Crippen molar-refractivity contribution in [3.8, 4) is 11.4 Å². The number of hydrogen-bond donors (Lipinski definition) is 1. The third kappa shape index (κ3) is 4.80. The van der Waals surface area contributed by atoms with E-state index >= 15 is 0 Å². The summed E-state index contributed by atoms with van der Waals surface area (Å²) in [6, 6.07) is 9.48. The van der Waals surface area contributed by atoms with E-state index in [1.807, 2.05) is 44.2 Å². The number of ether oxygens (including phenoxy) is 1. The summed E-state index contributed by atoms with van der Waals surface area (Å²) in [5.74, 6) is -0.948. The molecule has 1 fully saturated rings. The van der Waals surface area contributed by atoms with Crippen LogP contribution in [0.15, 0.2) is 36.5 Å². The molecule has 8 heteroatoms. The van der Waals surface area contributed by atoms with Gasteiger partial charge in [-0.25, -0.2) is 4.68 Å². The molecule has 0 bridgehead atoms. The van der Waals surface area contributed by atoms with E-state index in [9.17, 15) is 9.59 Å². The summed E-state index contributed by atoms with van der Waals surface area (Å²) in [4.78, 5) is 25.6. The zero-order valence-electron chi connectivity index (χ0n) is 15.4. The minimum atomic E-state index is -0.869. The van der Waals surface area contributed by atoms with Gasteiger partial charge in [-0.3, -0.25) is 9.59 Å². The van der Waals surface area contributed by atoms with Gasteiger partial charge in [0.25, 0.3) is 5.91 Å². The van der Waals surface area contributed by atoms with Crippen molar-refractivity contribution in [2.24, 2.45) is 11.8 Å². The Labute approximate surface area is 164 Å². The van der Waals surface area contributed by atoms with E-state index in [0.29, 0.717) is 31.2 Å². The van der Waals surface area contributed by atoms with E-state index in [-0.39, 0.29) is 30.6 Å². The fourth-order valence-electron chi connectivity index (χ4n) is 2.88. The highest BCUT2D eigenvalue weighted by Crippen LogP contribution is 2.25. The smallest absolute Gasteiger partial charge is 0.308 e. The van der Waals surface area contributed by atoms with Crippen LogP contribution < -0.4 is 4.74 Å². The van der Waals surface area contributed by atoms with E-state index in [1.165, 1.54) is 0 Å². The molecule has 0 spiro atoms. The lowest BCUT2D eigenvalue weighted by Gasteiger charge is -2.15. The van der Waals surface area contributed by atoms with Crippen LogP contribution in [-0.2, 0) is 4.79 Å². The standard InChI is InChI=1S/C19H23N3O4.ClH/c1-13(2)12-26-16-11-22(15-6-4-3-5-7-15)20-17(16)18(23)21-9-8-14(10-21)19(24)25;/h3-7,11,13-14H,8-10,12H2,1-2H3,(H,24,25);1H. The van der Waals surface area contributed by atoms with Crippen LogP contribution in [-0.4, -0.2) is 51.4 Å². The second-order valence-corrected chi connectivity index (χ2v) is 6.90. The molecule has 2 aromatic rings. The third-order valence-corrected chi connectivity index (χ3v) is 4.30. The number of carboxylic acid groups (broad SMARTS) is 1. The van der Waals surface area contributed by atoms with Crippen LogP contribution >= 0.6 is 12.4 Å². The Balaban J connectivity index is 0.00000261. The van der Waals surface area contributed by atoms with Crippen LogP contribution in [0, 0.1) is 11.8 Å². The van der Waals surface area contributed by atoms with Crippen molar-refractivity contribution in [2.45, 2.75) is 20.3 Å². The first kappa shape index (κ1) is 20.8. The molecule has 1 aromatic carbocycles. The maximum absolute atomic E-state index is 12.9. The highest BCUT2D eigenvalue weighted by molar-refractivity contribution is 5.95. The maximum Gasteiger partial charge on any atom is 0.308 e. The SMILES string of the molecule is CC(C)COc1cn(-c2ccccc2)nc1C(=O)N1CCC(C(=O)O)C1.Cl. The summed E-state index contributed by atoms with van der Waals surface area (Å²) < 4.78 is 7.43. The molecule has 146 valence electrons. The number of benzene rings is 1. The fourth-order valence-corrected chi connectivity index (χ4v) is 2.88. The minimum absolute atomic E-state index is 0. The normalized spacial score (nSPS) is 16.3. The number of carbonyl (C=O) groups is 2. The molecule has 1 aromatic heterocycles. The molecule has 1 saturated heterocycles. The van der Waals surface area contributed by atoms with Crippen molar-refractivity contribution in [3.05, 3.63) is 42.2 Å². The first-order valence-electron chi connectivity index (χ1n) is 8.75. The molecule has 1 atom stereocenters. The predicted octanol–water partition coefficient (Wildman–Crippen LogP) is 2.88. The first-order valence-corrected chi connectivity index (χ1v) is 8.75. The number of carbonyl (C=O) groups excluding carboxylic acids is 1. The zero-order valence-corrected chi connectivity index (χ0v) is 16.2. The second-order valence-electron chi connectivity index (χ2n) is 6.90. The number of halogens is 1. The van der Waals surface area contributed by atoms with Gasteiger partial charge in [-0.05, 0) is 24.5 Å². The summed E-state index contributed by atoms with van der Waals surface area (Å²) in [7, 11) is 0. The lowest BCUT2D eigenvalue weighted by molar-refractivity contribution is -0.141. The number of carboxylic acids is 1. The quantitative estimate of drug-likeness (QED) is 0.815. The minimum Gasteiger partial charge on any atom is -0.489 e. The Morgan fingerprint density at radius 3 is 2.59 bits per heavy atom. The fraction of sp³-hybridized carbons (Fsp3) is 0.421. The largest absolute Gasteiger partial charge is 0.489 e. The van der Waals surface area contributed by atoms with Crippen molar-refractivity contribution in [2.75, 3.05) is 19.7 Å². The van der Waals surface area contributed by atoms with Crippen LogP contribution in [0.3, 0.4) is 0 Å². The van der Waals surface area contributed by atoms with Gasteiger partial charge < -0.3 is 14.7 Å². The number of rotatable bonds is 6. The average molecular weight is 394 g/mol. The predicted molar refractivity (Wildman–Crippen MR) is 103 cm³/mol. The number of aromatic nitrogens is 2. The topological polar surface area (TPSA) is 84.7 Å². The molecular formula is C19H24ClN3O4. The van der Waals surface area contributed by atoms with Gasteiger partial charge in [-0.1, -0.05) is 32.0 Å². The third-order valence-electron chi connectivity index (χ3n) is 4.30. The molecule has 27 heavy (non-hydrogen) atoms. The first-order chi connectivity index (χ1) is 12.5. The van der Waals surface area contributed by atoms with Gasteiger partial charge in [-0.2, -0.15) is 5.10 Å². The Hall–Kier alpha value is -2.54. The molecule has 3 rings (SSSR count). The summed E-state index contributed by atoms with van der Waals surface area (Å²) in [5.41, 5.74) is 1.05. The number of para-hydroxylation sites is 1. The average Bonchev–Trinajstić information content (AvgIpc) is 3.27. The summed E-state index contributed by atoms with van der Waals surface area (Å²) in [6.45, 7) is 5.15. The second kappa shape index (κ2) is 8.90. The van der Waals surface area contributed by atoms with Crippen molar-refractivity contribution in [1.29, 1.82) is 0 Å². The molecule has 7 nitrogen and oxygen atoms in total. The van der Waals surface area contributed by atoms with Crippen molar-refractivity contribution >= 4 is 24.3 Å². The van der Waals surface area contributed by atoms with Crippen molar-refractivity contribution in [3.63, 3.8) is 0 Å². The van der Waals surface area contributed by atoms with Gasteiger partial charge >= 0.3 is 5.97 Å². The van der Waals surface area contributed by atoms with Crippen LogP contribution in [0.1, 0.15) is 30.8 Å². The molecule has 1 amide bonds. The molecule has 1 aliphatic heterocycles. The molecule has 0 radical (unpaired) electrons. The molecule has 1 unspecified atom stereocenters. The van der Waals surface area contributed by atoms with Gasteiger partial charge in [-0.15, -0.1) is 12.4 Å². The van der Waals surface area contributed by atoms with Gasteiger partial charge in [0.1, 0.15) is 0 Å². The molecule has 1 N–H and O–H groups in total. The molecule has 0 aliphatic carbocycles. The van der Waals surface area contributed by atoms with Gasteiger partial charge in [0.15, 0.2) is 11.4 Å².